The molecule has 1 heterocycles. The van der Waals surface area contributed by atoms with Crippen molar-refractivity contribution in [3.05, 3.63) is 30.3 Å². The van der Waals surface area contributed by atoms with E-state index in [1.807, 2.05) is 18.2 Å². The summed E-state index contributed by atoms with van der Waals surface area (Å²) in [5.74, 6) is -0.195. The number of anilines is 1. The molecule has 0 radical (unpaired) electrons. The molecule has 6 nitrogen and oxygen atoms in total. The van der Waals surface area contributed by atoms with E-state index in [2.05, 4.69) is 10.6 Å². The molecule has 0 spiro atoms. The van der Waals surface area contributed by atoms with E-state index < -0.39 is 5.91 Å². The first-order valence-electron chi connectivity index (χ1n) is 7.14. The first-order valence-corrected chi connectivity index (χ1v) is 7.14. The molecule has 3 amide bonds. The molecule has 1 atom stereocenters. The molecule has 4 N–H and O–H groups in total. The van der Waals surface area contributed by atoms with E-state index in [9.17, 15) is 9.59 Å². The molecule has 1 aromatic rings. The molecule has 0 bridgehead atoms. The van der Waals surface area contributed by atoms with Crippen molar-refractivity contribution in [3.63, 3.8) is 0 Å². The average molecular weight is 291 g/mol. The number of para-hydroxylation sites is 1. The summed E-state index contributed by atoms with van der Waals surface area (Å²) in [6.07, 6.45) is 1.79. The second-order valence-corrected chi connectivity index (χ2v) is 5.19. The molecule has 0 aliphatic carbocycles. The number of primary amides is 1. The van der Waals surface area contributed by atoms with Crippen LogP contribution in [0.15, 0.2) is 30.3 Å². The predicted molar refractivity (Wildman–Crippen MR) is 79.7 cm³/mol. The highest BCUT2D eigenvalue weighted by atomic mass is 16.5. The second-order valence-electron chi connectivity index (χ2n) is 5.19. The Morgan fingerprint density at radius 1 is 1.24 bits per heavy atom. The number of hydrogen-bond acceptors (Lipinski definition) is 3. The lowest BCUT2D eigenvalue weighted by Crippen LogP contribution is -2.46. The van der Waals surface area contributed by atoms with Crippen molar-refractivity contribution in [2.45, 2.75) is 25.3 Å². The normalized spacial score (nSPS) is 17.0. The Morgan fingerprint density at radius 3 is 2.52 bits per heavy atom. The SMILES string of the molecule is NC(=O)CC(NC(=O)Nc1ccccc1)C1CCOCC1. The number of carbonyl (C=O) groups excluding carboxylic acids is 2. The van der Waals surface area contributed by atoms with Crippen molar-refractivity contribution in [2.24, 2.45) is 11.7 Å². The van der Waals surface area contributed by atoms with Crippen LogP contribution in [0.3, 0.4) is 0 Å². The summed E-state index contributed by atoms with van der Waals surface area (Å²) < 4.78 is 5.31. The van der Waals surface area contributed by atoms with E-state index in [0.717, 1.165) is 12.8 Å². The fraction of sp³-hybridized carbons (Fsp3) is 0.467. The molecule has 2 rings (SSSR count). The molecule has 1 fully saturated rings. The van der Waals surface area contributed by atoms with E-state index in [1.165, 1.54) is 0 Å². The summed E-state index contributed by atoms with van der Waals surface area (Å²) in [7, 11) is 0. The van der Waals surface area contributed by atoms with Gasteiger partial charge in [-0.3, -0.25) is 4.79 Å². The van der Waals surface area contributed by atoms with Crippen LogP contribution in [0.25, 0.3) is 0 Å². The Hall–Kier alpha value is -2.08. The van der Waals surface area contributed by atoms with Gasteiger partial charge in [-0.15, -0.1) is 0 Å². The van der Waals surface area contributed by atoms with Gasteiger partial charge >= 0.3 is 6.03 Å². The van der Waals surface area contributed by atoms with Gasteiger partial charge in [0.1, 0.15) is 0 Å². The number of nitrogens with one attached hydrogen (secondary N) is 2. The van der Waals surface area contributed by atoms with Gasteiger partial charge in [0.05, 0.1) is 0 Å². The van der Waals surface area contributed by atoms with Crippen LogP contribution < -0.4 is 16.4 Å². The van der Waals surface area contributed by atoms with E-state index in [1.54, 1.807) is 12.1 Å². The largest absolute Gasteiger partial charge is 0.381 e. The number of urea groups is 1. The molecule has 1 aliphatic heterocycles. The van der Waals surface area contributed by atoms with Crippen molar-refractivity contribution in [1.29, 1.82) is 0 Å². The maximum absolute atomic E-state index is 12.0. The predicted octanol–water partition coefficient (Wildman–Crippen LogP) is 1.48. The highest BCUT2D eigenvalue weighted by Crippen LogP contribution is 2.21. The monoisotopic (exact) mass is 291 g/mol. The molecule has 0 saturated carbocycles. The molecular formula is C15H21N3O3. The van der Waals surface area contributed by atoms with E-state index in [4.69, 9.17) is 10.5 Å². The third kappa shape index (κ3) is 5.07. The highest BCUT2D eigenvalue weighted by molar-refractivity contribution is 5.89. The molecule has 0 aromatic heterocycles. The van der Waals surface area contributed by atoms with Crippen molar-refractivity contribution >= 4 is 17.6 Å². The topological polar surface area (TPSA) is 93.5 Å². The van der Waals surface area contributed by atoms with Gasteiger partial charge in [0.15, 0.2) is 0 Å². The zero-order chi connectivity index (χ0) is 15.1. The summed E-state index contributed by atoms with van der Waals surface area (Å²) in [5.41, 5.74) is 5.99. The standard InChI is InChI=1S/C15H21N3O3/c16-14(19)10-13(11-6-8-21-9-7-11)18-15(20)17-12-4-2-1-3-5-12/h1-5,11,13H,6-10H2,(H2,16,19)(H2,17,18,20). The zero-order valence-corrected chi connectivity index (χ0v) is 11.9. The molecule has 1 saturated heterocycles. The van der Waals surface area contributed by atoms with Gasteiger partial charge in [-0.1, -0.05) is 18.2 Å². The highest BCUT2D eigenvalue weighted by Gasteiger charge is 2.26. The lowest BCUT2D eigenvalue weighted by atomic mass is 9.89. The molecule has 21 heavy (non-hydrogen) atoms. The third-order valence-corrected chi connectivity index (χ3v) is 3.60. The molecule has 6 heteroatoms. The number of carbonyl (C=O) groups is 2. The van der Waals surface area contributed by atoms with Crippen LogP contribution >= 0.6 is 0 Å². The average Bonchev–Trinajstić information content (AvgIpc) is 2.48. The van der Waals surface area contributed by atoms with Gasteiger partial charge in [-0.25, -0.2) is 4.79 Å². The molecular weight excluding hydrogens is 270 g/mol. The number of amides is 3. The first-order chi connectivity index (χ1) is 10.1. The number of rotatable bonds is 5. The second kappa shape index (κ2) is 7.64. The summed E-state index contributed by atoms with van der Waals surface area (Å²) in [6, 6.07) is 8.59. The maximum atomic E-state index is 12.0. The van der Waals surface area contributed by atoms with Crippen molar-refractivity contribution in [3.8, 4) is 0 Å². The Balaban J connectivity index is 1.93. The van der Waals surface area contributed by atoms with Gasteiger partial charge in [-0.2, -0.15) is 0 Å². The van der Waals surface area contributed by atoms with Crippen molar-refractivity contribution in [2.75, 3.05) is 18.5 Å². The fourth-order valence-electron chi connectivity index (χ4n) is 2.53. The van der Waals surface area contributed by atoms with Crippen LogP contribution in [-0.2, 0) is 9.53 Å². The minimum atomic E-state index is -0.411. The molecule has 1 aromatic carbocycles. The van der Waals surface area contributed by atoms with Crippen LogP contribution in [0.4, 0.5) is 10.5 Å². The van der Waals surface area contributed by atoms with Crippen LogP contribution in [-0.4, -0.2) is 31.2 Å². The quantitative estimate of drug-likeness (QED) is 0.767. The Labute approximate surface area is 124 Å². The van der Waals surface area contributed by atoms with Crippen molar-refractivity contribution < 1.29 is 14.3 Å². The van der Waals surface area contributed by atoms with E-state index in [-0.39, 0.29) is 24.4 Å². The Bertz CT molecular complexity index is 472. The molecule has 1 unspecified atom stereocenters. The summed E-state index contributed by atoms with van der Waals surface area (Å²) in [6.45, 7) is 1.31. The minimum absolute atomic E-state index is 0.146. The van der Waals surface area contributed by atoms with Gasteiger partial charge in [0.25, 0.3) is 0 Å². The van der Waals surface area contributed by atoms with Crippen LogP contribution in [0.5, 0.6) is 0 Å². The fourth-order valence-corrected chi connectivity index (χ4v) is 2.53. The number of ether oxygens (including phenoxy) is 1. The van der Waals surface area contributed by atoms with Crippen LogP contribution in [0.1, 0.15) is 19.3 Å². The molecule has 114 valence electrons. The van der Waals surface area contributed by atoms with E-state index in [0.29, 0.717) is 18.9 Å². The Kier molecular flexibility index (Phi) is 5.57. The van der Waals surface area contributed by atoms with Gasteiger partial charge in [0.2, 0.25) is 5.91 Å². The maximum Gasteiger partial charge on any atom is 0.319 e. The smallest absolute Gasteiger partial charge is 0.319 e. The summed E-state index contributed by atoms with van der Waals surface area (Å²) >= 11 is 0. The van der Waals surface area contributed by atoms with Gasteiger partial charge in [0, 0.05) is 31.4 Å². The zero-order valence-electron chi connectivity index (χ0n) is 11.9. The molecule has 1 aliphatic rings. The number of nitrogens with two attached hydrogens (primary N) is 1. The number of hydrogen-bond donors (Lipinski definition) is 3. The van der Waals surface area contributed by atoms with E-state index >= 15 is 0 Å². The van der Waals surface area contributed by atoms with Gasteiger partial charge in [-0.05, 0) is 30.9 Å². The van der Waals surface area contributed by atoms with Crippen LogP contribution in [0.2, 0.25) is 0 Å². The summed E-state index contributed by atoms with van der Waals surface area (Å²) in [4.78, 5) is 23.3. The number of benzene rings is 1. The lowest BCUT2D eigenvalue weighted by Gasteiger charge is -2.30. The minimum Gasteiger partial charge on any atom is -0.381 e. The van der Waals surface area contributed by atoms with Crippen LogP contribution in [0, 0.1) is 5.92 Å². The van der Waals surface area contributed by atoms with Gasteiger partial charge < -0.3 is 21.1 Å². The first kappa shape index (κ1) is 15.3. The summed E-state index contributed by atoms with van der Waals surface area (Å²) in [5, 5.41) is 5.61. The Morgan fingerprint density at radius 2 is 1.90 bits per heavy atom. The third-order valence-electron chi connectivity index (χ3n) is 3.60. The van der Waals surface area contributed by atoms with Crippen molar-refractivity contribution in [1.82, 2.24) is 5.32 Å². The lowest BCUT2D eigenvalue weighted by molar-refractivity contribution is -0.118.